The SMILES string of the molecule is COc1cccc(OC)c1Oc1ccc(F)cc1C(C)N. The molecule has 21 heavy (non-hydrogen) atoms. The van der Waals surface area contributed by atoms with Gasteiger partial charge in [-0.05, 0) is 37.3 Å². The molecular formula is C16H18FNO3. The lowest BCUT2D eigenvalue weighted by molar-refractivity contribution is 0.344. The Morgan fingerprint density at radius 2 is 1.62 bits per heavy atom. The highest BCUT2D eigenvalue weighted by atomic mass is 19.1. The molecule has 0 fully saturated rings. The van der Waals surface area contributed by atoms with Gasteiger partial charge in [-0.1, -0.05) is 6.07 Å². The first-order valence-corrected chi connectivity index (χ1v) is 6.50. The van der Waals surface area contributed by atoms with Gasteiger partial charge < -0.3 is 19.9 Å². The predicted molar refractivity (Wildman–Crippen MR) is 78.6 cm³/mol. The topological polar surface area (TPSA) is 53.7 Å². The van der Waals surface area contributed by atoms with Crippen molar-refractivity contribution >= 4 is 0 Å². The van der Waals surface area contributed by atoms with Crippen molar-refractivity contribution in [2.45, 2.75) is 13.0 Å². The first-order chi connectivity index (χ1) is 10.1. The fourth-order valence-electron chi connectivity index (χ4n) is 2.00. The van der Waals surface area contributed by atoms with Gasteiger partial charge in [-0.15, -0.1) is 0 Å². The Labute approximate surface area is 123 Å². The number of methoxy groups -OCH3 is 2. The van der Waals surface area contributed by atoms with Gasteiger partial charge in [0.15, 0.2) is 11.5 Å². The monoisotopic (exact) mass is 291 g/mol. The van der Waals surface area contributed by atoms with Gasteiger partial charge in [0.25, 0.3) is 0 Å². The standard InChI is InChI=1S/C16H18FNO3/c1-10(18)12-9-11(17)7-8-13(12)21-16-14(19-2)5-4-6-15(16)20-3/h4-10H,18H2,1-3H3. The number of ether oxygens (including phenoxy) is 3. The van der Waals surface area contributed by atoms with E-state index < -0.39 is 0 Å². The van der Waals surface area contributed by atoms with Gasteiger partial charge in [0.1, 0.15) is 11.6 Å². The predicted octanol–water partition coefficient (Wildman–Crippen LogP) is 3.65. The number of hydrogen-bond acceptors (Lipinski definition) is 4. The summed E-state index contributed by atoms with van der Waals surface area (Å²) in [4.78, 5) is 0. The molecule has 1 atom stereocenters. The number of rotatable bonds is 5. The van der Waals surface area contributed by atoms with Crippen LogP contribution in [0.3, 0.4) is 0 Å². The van der Waals surface area contributed by atoms with Crippen molar-refractivity contribution in [1.82, 2.24) is 0 Å². The maximum Gasteiger partial charge on any atom is 0.211 e. The molecule has 4 nitrogen and oxygen atoms in total. The van der Waals surface area contributed by atoms with Crippen LogP contribution in [0.2, 0.25) is 0 Å². The molecule has 0 heterocycles. The summed E-state index contributed by atoms with van der Waals surface area (Å²) in [6.45, 7) is 1.76. The Morgan fingerprint density at radius 3 is 2.14 bits per heavy atom. The molecule has 5 heteroatoms. The van der Waals surface area contributed by atoms with Gasteiger partial charge in [-0.2, -0.15) is 0 Å². The van der Waals surface area contributed by atoms with E-state index in [-0.39, 0.29) is 11.9 Å². The molecular weight excluding hydrogens is 273 g/mol. The summed E-state index contributed by atoms with van der Waals surface area (Å²) in [7, 11) is 3.08. The second-order valence-corrected chi connectivity index (χ2v) is 4.56. The Kier molecular flexibility index (Phi) is 4.65. The van der Waals surface area contributed by atoms with E-state index in [0.29, 0.717) is 28.6 Å². The second-order valence-electron chi connectivity index (χ2n) is 4.56. The molecule has 2 aromatic rings. The molecule has 0 spiro atoms. The van der Waals surface area contributed by atoms with E-state index >= 15 is 0 Å². The van der Waals surface area contributed by atoms with Crippen LogP contribution in [-0.2, 0) is 0 Å². The molecule has 112 valence electrons. The highest BCUT2D eigenvalue weighted by Gasteiger charge is 2.16. The number of benzene rings is 2. The molecule has 2 aromatic carbocycles. The van der Waals surface area contributed by atoms with Crippen LogP contribution in [0.25, 0.3) is 0 Å². The van der Waals surface area contributed by atoms with E-state index in [1.165, 1.54) is 12.1 Å². The smallest absolute Gasteiger partial charge is 0.211 e. The van der Waals surface area contributed by atoms with Crippen molar-refractivity contribution < 1.29 is 18.6 Å². The summed E-state index contributed by atoms with van der Waals surface area (Å²) in [5.41, 5.74) is 6.44. The quantitative estimate of drug-likeness (QED) is 0.913. The third-order valence-electron chi connectivity index (χ3n) is 3.06. The van der Waals surface area contributed by atoms with Crippen molar-refractivity contribution in [3.8, 4) is 23.0 Å². The van der Waals surface area contributed by atoms with Crippen LogP contribution in [0.4, 0.5) is 4.39 Å². The van der Waals surface area contributed by atoms with Crippen LogP contribution in [0.15, 0.2) is 36.4 Å². The first kappa shape index (κ1) is 15.1. The maximum atomic E-state index is 13.4. The van der Waals surface area contributed by atoms with Crippen molar-refractivity contribution in [3.63, 3.8) is 0 Å². The van der Waals surface area contributed by atoms with Gasteiger partial charge >= 0.3 is 0 Å². The van der Waals surface area contributed by atoms with Gasteiger partial charge in [0.2, 0.25) is 5.75 Å². The summed E-state index contributed by atoms with van der Waals surface area (Å²) in [6.07, 6.45) is 0. The summed E-state index contributed by atoms with van der Waals surface area (Å²) >= 11 is 0. The fourth-order valence-corrected chi connectivity index (χ4v) is 2.00. The van der Waals surface area contributed by atoms with E-state index in [1.807, 2.05) is 0 Å². The lowest BCUT2D eigenvalue weighted by Gasteiger charge is -2.17. The highest BCUT2D eigenvalue weighted by molar-refractivity contribution is 5.54. The third kappa shape index (κ3) is 3.25. The maximum absolute atomic E-state index is 13.4. The summed E-state index contributed by atoms with van der Waals surface area (Å²) in [5, 5.41) is 0. The van der Waals surface area contributed by atoms with E-state index in [1.54, 1.807) is 45.4 Å². The van der Waals surface area contributed by atoms with Crippen LogP contribution < -0.4 is 19.9 Å². The molecule has 1 unspecified atom stereocenters. The van der Waals surface area contributed by atoms with Crippen molar-refractivity contribution in [3.05, 3.63) is 47.8 Å². The van der Waals surface area contributed by atoms with E-state index in [4.69, 9.17) is 19.9 Å². The zero-order chi connectivity index (χ0) is 15.4. The molecule has 0 aliphatic heterocycles. The Hall–Kier alpha value is -2.27. The number of halogens is 1. The van der Waals surface area contributed by atoms with E-state index in [9.17, 15) is 4.39 Å². The number of nitrogens with two attached hydrogens (primary N) is 1. The fraction of sp³-hybridized carbons (Fsp3) is 0.250. The molecule has 0 saturated carbocycles. The highest BCUT2D eigenvalue weighted by Crippen LogP contribution is 2.41. The minimum atomic E-state index is -0.364. The molecule has 0 amide bonds. The van der Waals surface area contributed by atoms with Crippen LogP contribution in [-0.4, -0.2) is 14.2 Å². The summed E-state index contributed by atoms with van der Waals surface area (Å²) in [6, 6.07) is 9.17. The second kappa shape index (κ2) is 6.45. The number of hydrogen-bond donors (Lipinski definition) is 1. The van der Waals surface area contributed by atoms with Gasteiger partial charge in [-0.25, -0.2) is 4.39 Å². The lowest BCUT2D eigenvalue weighted by atomic mass is 10.1. The van der Waals surface area contributed by atoms with Crippen molar-refractivity contribution in [2.24, 2.45) is 5.73 Å². The molecule has 0 bridgehead atoms. The lowest BCUT2D eigenvalue weighted by Crippen LogP contribution is -2.07. The normalized spacial score (nSPS) is 11.9. The minimum absolute atomic E-state index is 0.360. The largest absolute Gasteiger partial charge is 0.493 e. The zero-order valence-corrected chi connectivity index (χ0v) is 12.2. The molecule has 0 saturated heterocycles. The zero-order valence-electron chi connectivity index (χ0n) is 12.2. The van der Waals surface area contributed by atoms with Crippen LogP contribution in [0.5, 0.6) is 23.0 Å². The van der Waals surface area contributed by atoms with E-state index in [0.717, 1.165) is 0 Å². The van der Waals surface area contributed by atoms with Crippen molar-refractivity contribution in [2.75, 3.05) is 14.2 Å². The average Bonchev–Trinajstić information content (AvgIpc) is 2.48. The molecule has 2 rings (SSSR count). The Morgan fingerprint density at radius 1 is 1.00 bits per heavy atom. The van der Waals surface area contributed by atoms with E-state index in [2.05, 4.69) is 0 Å². The summed E-state index contributed by atoms with van der Waals surface area (Å²) in [5.74, 6) is 1.58. The number of para-hydroxylation sites is 1. The molecule has 2 N–H and O–H groups in total. The van der Waals surface area contributed by atoms with Gasteiger partial charge in [0.05, 0.1) is 14.2 Å². The van der Waals surface area contributed by atoms with Crippen molar-refractivity contribution in [1.29, 1.82) is 0 Å². The van der Waals surface area contributed by atoms with Gasteiger partial charge in [-0.3, -0.25) is 0 Å². The Bertz CT molecular complexity index is 607. The first-order valence-electron chi connectivity index (χ1n) is 6.50. The van der Waals surface area contributed by atoms with Gasteiger partial charge in [0, 0.05) is 11.6 Å². The molecule has 0 aliphatic carbocycles. The summed E-state index contributed by atoms with van der Waals surface area (Å²) < 4.78 is 29.8. The van der Waals surface area contributed by atoms with Crippen LogP contribution >= 0.6 is 0 Å². The van der Waals surface area contributed by atoms with Crippen LogP contribution in [0, 0.1) is 5.82 Å². The minimum Gasteiger partial charge on any atom is -0.493 e. The molecule has 0 radical (unpaired) electrons. The molecule has 0 aliphatic rings. The average molecular weight is 291 g/mol. The van der Waals surface area contributed by atoms with Crippen LogP contribution in [0.1, 0.15) is 18.5 Å². The Balaban J connectivity index is 2.47. The molecule has 0 aromatic heterocycles. The third-order valence-corrected chi connectivity index (χ3v) is 3.06.